The Balaban J connectivity index is 2.31. The Kier molecular flexibility index (Phi) is 4.86. The van der Waals surface area contributed by atoms with Gasteiger partial charge in [-0.05, 0) is 44.7 Å². The minimum Gasteiger partial charge on any atom is -0.346 e. The summed E-state index contributed by atoms with van der Waals surface area (Å²) in [5, 5.41) is 0. The van der Waals surface area contributed by atoms with Gasteiger partial charge < -0.3 is 4.89 Å². The molecule has 0 bridgehead atoms. The van der Waals surface area contributed by atoms with E-state index in [9.17, 15) is 4.57 Å². The van der Waals surface area contributed by atoms with Gasteiger partial charge in [-0.1, -0.05) is 0 Å². The van der Waals surface area contributed by atoms with Gasteiger partial charge in [0, 0.05) is 15.9 Å². The first kappa shape index (κ1) is 12.0. The molecule has 1 aromatic rings. The van der Waals surface area contributed by atoms with Crippen LogP contribution in [0.1, 0.15) is 28.2 Å². The van der Waals surface area contributed by atoms with E-state index in [1.807, 2.05) is 11.3 Å². The van der Waals surface area contributed by atoms with E-state index in [1.54, 1.807) is 0 Å². The largest absolute Gasteiger partial charge is 0.346 e. The first-order valence-electron chi connectivity index (χ1n) is 4.87. The van der Waals surface area contributed by atoms with Crippen molar-refractivity contribution in [2.75, 3.05) is 6.16 Å². The third-order valence-electron chi connectivity index (χ3n) is 2.23. The Morgan fingerprint density at radius 2 is 2.14 bits per heavy atom. The topological polar surface area (TPSA) is 37.3 Å². The van der Waals surface area contributed by atoms with Gasteiger partial charge in [0.25, 0.3) is 0 Å². The van der Waals surface area contributed by atoms with Gasteiger partial charge in [0.1, 0.15) is 0 Å². The van der Waals surface area contributed by atoms with Gasteiger partial charge in [0.2, 0.25) is 0 Å². The maximum absolute atomic E-state index is 10.5. The second-order valence-corrected chi connectivity index (χ2v) is 6.29. The Morgan fingerprint density at radius 1 is 1.43 bits per heavy atom. The van der Waals surface area contributed by atoms with Crippen LogP contribution in [0.4, 0.5) is 0 Å². The summed E-state index contributed by atoms with van der Waals surface area (Å²) in [7, 11) is -2.24. The Bertz CT molecular complexity index is 320. The summed E-state index contributed by atoms with van der Waals surface area (Å²) in [5.74, 6) is 0. The van der Waals surface area contributed by atoms with Crippen LogP contribution < -0.4 is 0 Å². The van der Waals surface area contributed by atoms with Crippen LogP contribution in [0.5, 0.6) is 0 Å². The van der Waals surface area contributed by atoms with Crippen molar-refractivity contribution < 1.29 is 9.46 Å². The van der Waals surface area contributed by atoms with E-state index in [-0.39, 0.29) is 0 Å². The molecule has 0 aliphatic carbocycles. The first-order chi connectivity index (χ1) is 6.59. The van der Waals surface area contributed by atoms with Crippen molar-refractivity contribution in [1.29, 1.82) is 0 Å². The standard InChI is InChI=1S/C10H17O2PS/c1-8-7-10(9(2)14-8)5-3-4-6-13(11)12/h7,13H,3-6H2,1-2H3,(H,11,12). The van der Waals surface area contributed by atoms with E-state index >= 15 is 0 Å². The molecule has 0 spiro atoms. The third-order valence-corrected chi connectivity index (χ3v) is 4.02. The van der Waals surface area contributed by atoms with Crippen LogP contribution in [0, 0.1) is 13.8 Å². The SMILES string of the molecule is Cc1cc(CCCC[PH](=O)O)c(C)s1. The molecule has 0 saturated carbocycles. The molecule has 0 aliphatic rings. The molecule has 0 saturated heterocycles. The minimum atomic E-state index is -2.24. The van der Waals surface area contributed by atoms with Crippen molar-refractivity contribution >= 4 is 19.4 Å². The average molecular weight is 232 g/mol. The molecule has 0 amide bonds. The van der Waals surface area contributed by atoms with Crippen LogP contribution >= 0.6 is 19.4 Å². The van der Waals surface area contributed by atoms with Gasteiger partial charge in [-0.2, -0.15) is 0 Å². The second-order valence-electron chi connectivity index (χ2n) is 3.54. The number of hydrogen-bond acceptors (Lipinski definition) is 2. The van der Waals surface area contributed by atoms with Crippen molar-refractivity contribution in [1.82, 2.24) is 0 Å². The summed E-state index contributed by atoms with van der Waals surface area (Å²) in [6, 6.07) is 2.22. The van der Waals surface area contributed by atoms with E-state index in [1.165, 1.54) is 15.3 Å². The van der Waals surface area contributed by atoms with Crippen molar-refractivity contribution in [3.05, 3.63) is 21.4 Å². The molecule has 0 fully saturated rings. The lowest BCUT2D eigenvalue weighted by molar-refractivity contribution is 0.500. The molecule has 1 unspecified atom stereocenters. The van der Waals surface area contributed by atoms with Gasteiger partial charge in [0.05, 0.1) is 0 Å². The van der Waals surface area contributed by atoms with Crippen molar-refractivity contribution in [3.63, 3.8) is 0 Å². The highest BCUT2D eigenvalue weighted by atomic mass is 32.1. The molecule has 1 N–H and O–H groups in total. The molecule has 1 rings (SSSR count). The van der Waals surface area contributed by atoms with Crippen LogP contribution in [0.3, 0.4) is 0 Å². The number of hydrogen-bond donors (Lipinski definition) is 1. The third kappa shape index (κ3) is 3.95. The van der Waals surface area contributed by atoms with E-state index in [0.29, 0.717) is 6.16 Å². The molecule has 2 nitrogen and oxygen atoms in total. The molecule has 1 heterocycles. The van der Waals surface area contributed by atoms with Crippen LogP contribution in [-0.4, -0.2) is 11.1 Å². The predicted octanol–water partition coefficient (Wildman–Crippen LogP) is 3.15. The fourth-order valence-electron chi connectivity index (χ4n) is 1.52. The number of thiophene rings is 1. The maximum Gasteiger partial charge on any atom is 0.189 e. The minimum absolute atomic E-state index is 0.479. The fraction of sp³-hybridized carbons (Fsp3) is 0.600. The Labute approximate surface area is 89.8 Å². The van der Waals surface area contributed by atoms with Crippen LogP contribution in [-0.2, 0) is 11.0 Å². The predicted molar refractivity (Wildman–Crippen MR) is 62.8 cm³/mol. The number of rotatable bonds is 5. The molecule has 0 aromatic carbocycles. The smallest absolute Gasteiger partial charge is 0.189 e. The Hall–Kier alpha value is -0.110. The monoisotopic (exact) mass is 232 g/mol. The fourth-order valence-corrected chi connectivity index (χ4v) is 3.05. The molecular formula is C10H17O2PS. The van der Waals surface area contributed by atoms with E-state index in [0.717, 1.165) is 19.3 Å². The second kappa shape index (κ2) is 5.69. The number of unbranched alkanes of at least 4 members (excludes halogenated alkanes) is 1. The van der Waals surface area contributed by atoms with E-state index < -0.39 is 8.03 Å². The molecule has 0 radical (unpaired) electrons. The zero-order valence-electron chi connectivity index (χ0n) is 8.67. The lowest BCUT2D eigenvalue weighted by atomic mass is 10.1. The molecule has 1 aromatic heterocycles. The summed E-state index contributed by atoms with van der Waals surface area (Å²) in [6.45, 7) is 4.26. The highest BCUT2D eigenvalue weighted by Crippen LogP contribution is 2.23. The summed E-state index contributed by atoms with van der Waals surface area (Å²) in [6.07, 6.45) is 3.41. The van der Waals surface area contributed by atoms with Crippen molar-refractivity contribution in [2.24, 2.45) is 0 Å². The molecule has 4 heteroatoms. The van der Waals surface area contributed by atoms with Gasteiger partial charge >= 0.3 is 0 Å². The Morgan fingerprint density at radius 3 is 2.64 bits per heavy atom. The van der Waals surface area contributed by atoms with Crippen LogP contribution in [0.2, 0.25) is 0 Å². The normalized spacial score (nSPS) is 13.1. The van der Waals surface area contributed by atoms with Crippen molar-refractivity contribution in [2.45, 2.75) is 33.1 Å². The molecule has 14 heavy (non-hydrogen) atoms. The quantitative estimate of drug-likeness (QED) is 0.625. The van der Waals surface area contributed by atoms with Gasteiger partial charge in [0.15, 0.2) is 8.03 Å². The summed E-state index contributed by atoms with van der Waals surface area (Å²) in [5.41, 5.74) is 1.41. The zero-order chi connectivity index (χ0) is 10.6. The summed E-state index contributed by atoms with van der Waals surface area (Å²) < 4.78 is 10.5. The number of aryl methyl sites for hydroxylation is 3. The van der Waals surface area contributed by atoms with Gasteiger partial charge in [-0.15, -0.1) is 11.3 Å². The average Bonchev–Trinajstić information content (AvgIpc) is 2.39. The van der Waals surface area contributed by atoms with Gasteiger partial charge in [-0.25, -0.2) is 0 Å². The highest BCUT2D eigenvalue weighted by molar-refractivity contribution is 7.37. The first-order valence-corrected chi connectivity index (χ1v) is 7.25. The zero-order valence-corrected chi connectivity index (χ0v) is 10.5. The molecular weight excluding hydrogens is 215 g/mol. The van der Waals surface area contributed by atoms with Gasteiger partial charge in [-0.3, -0.25) is 4.57 Å². The van der Waals surface area contributed by atoms with Crippen molar-refractivity contribution in [3.8, 4) is 0 Å². The maximum atomic E-state index is 10.5. The lowest BCUT2D eigenvalue weighted by Crippen LogP contribution is -1.86. The van der Waals surface area contributed by atoms with Crippen LogP contribution in [0.15, 0.2) is 6.07 Å². The highest BCUT2D eigenvalue weighted by Gasteiger charge is 2.02. The lowest BCUT2D eigenvalue weighted by Gasteiger charge is -1.98. The van der Waals surface area contributed by atoms with E-state index in [2.05, 4.69) is 19.9 Å². The van der Waals surface area contributed by atoms with E-state index in [4.69, 9.17) is 4.89 Å². The molecule has 0 aliphatic heterocycles. The molecule has 80 valence electrons. The van der Waals surface area contributed by atoms with Crippen LogP contribution in [0.25, 0.3) is 0 Å². The molecule has 1 atom stereocenters. The summed E-state index contributed by atoms with van der Waals surface area (Å²) in [4.78, 5) is 11.4. The summed E-state index contributed by atoms with van der Waals surface area (Å²) >= 11 is 1.83.